The molecule has 1 atom stereocenters. The van der Waals surface area contributed by atoms with Crippen molar-refractivity contribution in [2.75, 3.05) is 0 Å². The van der Waals surface area contributed by atoms with Crippen molar-refractivity contribution in [1.29, 1.82) is 0 Å². The number of halogens is 1. The number of aliphatic carboxylic acids is 1. The van der Waals surface area contributed by atoms with Crippen LogP contribution in [0.4, 0.5) is 4.39 Å². The minimum atomic E-state index is -1.46. The Morgan fingerprint density at radius 3 is 2.77 bits per heavy atom. The highest BCUT2D eigenvalue weighted by Crippen LogP contribution is 2.08. The second-order valence-corrected chi connectivity index (χ2v) is 5.18. The summed E-state index contributed by atoms with van der Waals surface area (Å²) in [7, 11) is 0. The zero-order valence-corrected chi connectivity index (χ0v) is 11.7. The molecular weight excluding hydrogens is 317 g/mol. The van der Waals surface area contributed by atoms with Gasteiger partial charge in [0.25, 0.3) is 11.5 Å². The summed E-state index contributed by atoms with van der Waals surface area (Å²) in [5.74, 6) is -3.25. The number of aromatic amines is 1. The summed E-state index contributed by atoms with van der Waals surface area (Å²) in [6, 6.07) is 1.67. The molecule has 10 heteroatoms. The van der Waals surface area contributed by atoms with Crippen molar-refractivity contribution in [1.82, 2.24) is 14.9 Å². The number of hydrogen-bond donors (Lipinski definition) is 3. The smallest absolute Gasteiger partial charge is 0.328 e. The third kappa shape index (κ3) is 3.47. The van der Waals surface area contributed by atoms with Gasteiger partial charge in [-0.15, -0.1) is 11.3 Å². The molecule has 2 aromatic heterocycles. The second kappa shape index (κ2) is 6.35. The standard InChI is InChI=1S/C12H10FN3O5S/c13-6-4-16(12(21)15-9(6)17)5-7(11(19)20)14-10(18)8-2-1-3-22-8/h1-4,7H,5H2,(H,14,18)(H,19,20)(H,15,17,21). The fourth-order valence-electron chi connectivity index (χ4n) is 1.64. The number of amides is 1. The number of rotatable bonds is 5. The molecule has 0 aromatic carbocycles. The highest BCUT2D eigenvalue weighted by atomic mass is 32.1. The molecule has 0 fully saturated rings. The number of carbonyl (C=O) groups is 2. The van der Waals surface area contributed by atoms with Gasteiger partial charge in [0.15, 0.2) is 0 Å². The van der Waals surface area contributed by atoms with Crippen molar-refractivity contribution < 1.29 is 19.1 Å². The molecule has 0 bridgehead atoms. The van der Waals surface area contributed by atoms with Crippen LogP contribution in [-0.4, -0.2) is 32.6 Å². The average Bonchev–Trinajstić information content (AvgIpc) is 2.97. The van der Waals surface area contributed by atoms with Crippen LogP contribution in [-0.2, 0) is 11.3 Å². The quantitative estimate of drug-likeness (QED) is 0.691. The van der Waals surface area contributed by atoms with E-state index >= 15 is 0 Å². The SMILES string of the molecule is O=C(NC(Cn1cc(F)c(=O)[nH]c1=O)C(=O)O)c1cccs1. The normalized spacial score (nSPS) is 11.9. The first kappa shape index (κ1) is 15.6. The van der Waals surface area contributed by atoms with Gasteiger partial charge in [0.05, 0.1) is 17.6 Å². The van der Waals surface area contributed by atoms with Gasteiger partial charge < -0.3 is 10.4 Å². The van der Waals surface area contributed by atoms with Crippen molar-refractivity contribution in [3.8, 4) is 0 Å². The van der Waals surface area contributed by atoms with Crippen molar-refractivity contribution in [3.05, 3.63) is 55.2 Å². The van der Waals surface area contributed by atoms with Gasteiger partial charge in [0, 0.05) is 0 Å². The van der Waals surface area contributed by atoms with Crippen molar-refractivity contribution in [3.63, 3.8) is 0 Å². The molecule has 22 heavy (non-hydrogen) atoms. The van der Waals surface area contributed by atoms with E-state index in [2.05, 4.69) is 5.32 Å². The van der Waals surface area contributed by atoms with Gasteiger partial charge in [-0.2, -0.15) is 4.39 Å². The minimum absolute atomic E-state index is 0.297. The fourth-order valence-corrected chi connectivity index (χ4v) is 2.26. The van der Waals surface area contributed by atoms with Crippen LogP contribution < -0.4 is 16.6 Å². The van der Waals surface area contributed by atoms with Gasteiger partial charge in [-0.05, 0) is 11.4 Å². The number of carbonyl (C=O) groups excluding carboxylic acids is 1. The Morgan fingerprint density at radius 2 is 2.18 bits per heavy atom. The monoisotopic (exact) mass is 327 g/mol. The van der Waals surface area contributed by atoms with E-state index in [0.29, 0.717) is 15.6 Å². The molecule has 2 aromatic rings. The van der Waals surface area contributed by atoms with E-state index in [-0.39, 0.29) is 0 Å². The predicted molar refractivity (Wildman–Crippen MR) is 74.5 cm³/mol. The maximum absolute atomic E-state index is 13.2. The maximum atomic E-state index is 13.2. The van der Waals surface area contributed by atoms with Crippen LogP contribution in [0.1, 0.15) is 9.67 Å². The summed E-state index contributed by atoms with van der Waals surface area (Å²) in [5.41, 5.74) is -2.17. The molecule has 1 amide bonds. The number of carboxylic acids is 1. The Morgan fingerprint density at radius 1 is 1.45 bits per heavy atom. The molecule has 3 N–H and O–H groups in total. The molecule has 2 heterocycles. The first-order valence-corrected chi connectivity index (χ1v) is 6.83. The van der Waals surface area contributed by atoms with Crippen molar-refractivity contribution in [2.24, 2.45) is 0 Å². The zero-order valence-electron chi connectivity index (χ0n) is 10.9. The molecule has 8 nitrogen and oxygen atoms in total. The number of hydrogen-bond acceptors (Lipinski definition) is 5. The third-order valence-electron chi connectivity index (χ3n) is 2.70. The summed E-state index contributed by atoms with van der Waals surface area (Å²) in [6.45, 7) is -0.529. The molecule has 0 aliphatic heterocycles. The van der Waals surface area contributed by atoms with Crippen LogP contribution in [0.15, 0.2) is 33.3 Å². The van der Waals surface area contributed by atoms with E-state index in [1.165, 1.54) is 6.07 Å². The highest BCUT2D eigenvalue weighted by molar-refractivity contribution is 7.12. The minimum Gasteiger partial charge on any atom is -0.480 e. The van der Waals surface area contributed by atoms with Gasteiger partial charge in [-0.25, -0.2) is 9.59 Å². The summed E-state index contributed by atoms with van der Waals surface area (Å²) in [5, 5.41) is 13.0. The largest absolute Gasteiger partial charge is 0.480 e. The lowest BCUT2D eigenvalue weighted by Gasteiger charge is -2.15. The third-order valence-corrected chi connectivity index (χ3v) is 3.56. The molecule has 0 aliphatic carbocycles. The van der Waals surface area contributed by atoms with Crippen LogP contribution >= 0.6 is 11.3 Å². The molecule has 1 unspecified atom stereocenters. The van der Waals surface area contributed by atoms with Gasteiger partial charge in [-0.3, -0.25) is 19.1 Å². The summed E-state index contributed by atoms with van der Waals surface area (Å²) in [6.07, 6.45) is 0.592. The molecule has 0 aliphatic rings. The lowest BCUT2D eigenvalue weighted by atomic mass is 10.2. The number of H-pyrrole nitrogens is 1. The van der Waals surface area contributed by atoms with Crippen LogP contribution in [0.3, 0.4) is 0 Å². The number of carboxylic acid groups (broad SMARTS) is 1. The predicted octanol–water partition coefficient (Wildman–Crippen LogP) is -0.380. The van der Waals surface area contributed by atoms with Crippen LogP contribution in [0.25, 0.3) is 0 Å². The Balaban J connectivity index is 2.21. The van der Waals surface area contributed by atoms with Crippen LogP contribution in [0, 0.1) is 5.82 Å². The number of nitrogens with one attached hydrogen (secondary N) is 2. The zero-order chi connectivity index (χ0) is 16.3. The summed E-state index contributed by atoms with van der Waals surface area (Å²) in [4.78, 5) is 47.4. The Labute approximate surface area is 125 Å². The van der Waals surface area contributed by atoms with Gasteiger partial charge in [0.1, 0.15) is 6.04 Å². The topological polar surface area (TPSA) is 121 Å². The summed E-state index contributed by atoms with van der Waals surface area (Å²) < 4.78 is 13.8. The maximum Gasteiger partial charge on any atom is 0.328 e. The van der Waals surface area contributed by atoms with Crippen molar-refractivity contribution in [2.45, 2.75) is 12.6 Å². The average molecular weight is 327 g/mol. The van der Waals surface area contributed by atoms with Crippen LogP contribution in [0.5, 0.6) is 0 Å². The van der Waals surface area contributed by atoms with E-state index in [9.17, 15) is 23.6 Å². The molecule has 0 saturated heterocycles. The Bertz CT molecular complexity index is 811. The van der Waals surface area contributed by atoms with Crippen molar-refractivity contribution >= 4 is 23.2 Å². The van der Waals surface area contributed by atoms with E-state index in [1.807, 2.05) is 0 Å². The molecule has 2 rings (SSSR count). The van der Waals surface area contributed by atoms with E-state index in [1.54, 1.807) is 16.4 Å². The number of nitrogens with zero attached hydrogens (tertiary/aromatic N) is 1. The molecule has 0 spiro atoms. The lowest BCUT2D eigenvalue weighted by molar-refractivity contribution is -0.139. The molecule has 0 radical (unpaired) electrons. The Hall–Kier alpha value is -2.75. The lowest BCUT2D eigenvalue weighted by Crippen LogP contribution is -2.46. The van der Waals surface area contributed by atoms with Crippen LogP contribution in [0.2, 0.25) is 0 Å². The number of thiophene rings is 1. The van der Waals surface area contributed by atoms with Gasteiger partial charge in [0.2, 0.25) is 5.82 Å². The highest BCUT2D eigenvalue weighted by Gasteiger charge is 2.22. The molecule has 0 saturated carbocycles. The fraction of sp³-hybridized carbons (Fsp3) is 0.167. The molecular formula is C12H10FN3O5S. The second-order valence-electron chi connectivity index (χ2n) is 4.23. The Kier molecular flexibility index (Phi) is 4.51. The first-order chi connectivity index (χ1) is 10.4. The molecule has 116 valence electrons. The van der Waals surface area contributed by atoms with Gasteiger partial charge >= 0.3 is 11.7 Å². The summed E-state index contributed by atoms with van der Waals surface area (Å²) >= 11 is 1.12. The van der Waals surface area contributed by atoms with E-state index in [0.717, 1.165) is 11.3 Å². The first-order valence-electron chi connectivity index (χ1n) is 5.95. The van der Waals surface area contributed by atoms with Gasteiger partial charge in [-0.1, -0.05) is 6.07 Å². The van der Waals surface area contributed by atoms with E-state index in [4.69, 9.17) is 5.11 Å². The van der Waals surface area contributed by atoms with E-state index < -0.39 is 41.5 Å². The number of aromatic nitrogens is 2.